The number of fused-ring (bicyclic) bond motifs is 3. The molecule has 14 heteroatoms. The van der Waals surface area contributed by atoms with Crippen molar-refractivity contribution in [2.24, 2.45) is 5.92 Å². The van der Waals surface area contributed by atoms with E-state index in [9.17, 15) is 14.4 Å². The van der Waals surface area contributed by atoms with Crippen LogP contribution in [0, 0.1) is 5.92 Å². The van der Waals surface area contributed by atoms with E-state index < -0.39 is 17.7 Å². The van der Waals surface area contributed by atoms with Gasteiger partial charge in [0.15, 0.2) is 0 Å². The third kappa shape index (κ3) is 6.70. The minimum atomic E-state index is -0.682. The minimum Gasteiger partial charge on any atom is -0.453 e. The van der Waals surface area contributed by atoms with Crippen LogP contribution in [0.3, 0.4) is 0 Å². The molecule has 2 fully saturated rings. The number of carbonyl (C=O) groups excluding carboxylic acids is 3. The van der Waals surface area contributed by atoms with Crippen molar-refractivity contribution in [1.29, 1.82) is 0 Å². The zero-order valence-electron chi connectivity index (χ0n) is 31.3. The Labute approximate surface area is 321 Å². The number of amides is 3. The number of likely N-dealkylation sites (tertiary alicyclic amines) is 2. The molecule has 3 N–H and O–H groups in total. The lowest BCUT2D eigenvalue weighted by Gasteiger charge is -2.29. The van der Waals surface area contributed by atoms with Crippen LogP contribution in [0.5, 0.6) is 0 Å². The highest BCUT2D eigenvalue weighted by molar-refractivity contribution is 7.27. The van der Waals surface area contributed by atoms with Crippen LogP contribution in [0.25, 0.3) is 53.7 Å². The van der Waals surface area contributed by atoms with Crippen LogP contribution in [0.1, 0.15) is 84.0 Å². The van der Waals surface area contributed by atoms with Crippen LogP contribution in [0.15, 0.2) is 47.2 Å². The minimum absolute atomic E-state index is 0.0992. The van der Waals surface area contributed by atoms with Crippen LogP contribution in [0.4, 0.5) is 9.59 Å². The first-order valence-corrected chi connectivity index (χ1v) is 20.3. The number of methoxy groups -OCH3 is 1. The summed E-state index contributed by atoms with van der Waals surface area (Å²) < 4.78 is 12.9. The molecule has 8 rings (SSSR count). The second-order valence-electron chi connectivity index (χ2n) is 15.5. The third-order valence-corrected chi connectivity index (χ3v) is 12.5. The molecule has 2 aliphatic heterocycles. The van der Waals surface area contributed by atoms with Crippen molar-refractivity contribution < 1.29 is 23.9 Å². The summed E-state index contributed by atoms with van der Waals surface area (Å²) >= 11 is 3.48. The van der Waals surface area contributed by atoms with Gasteiger partial charge in [0.25, 0.3) is 0 Å². The number of H-pyrrole nitrogens is 2. The van der Waals surface area contributed by atoms with E-state index in [2.05, 4.69) is 56.4 Å². The molecule has 0 spiro atoms. The van der Waals surface area contributed by atoms with Crippen molar-refractivity contribution in [3.63, 3.8) is 0 Å². The van der Waals surface area contributed by atoms with E-state index in [0.717, 1.165) is 70.5 Å². The van der Waals surface area contributed by atoms with Gasteiger partial charge in [0.05, 0.1) is 50.7 Å². The summed E-state index contributed by atoms with van der Waals surface area (Å²) in [7, 11) is 1.30. The number of nitrogens with zero attached hydrogens (tertiary/aromatic N) is 4. The molecule has 2 aliphatic rings. The molecule has 0 bridgehead atoms. The topological polar surface area (TPSA) is 146 Å². The number of hydrogen-bond donors (Lipinski definition) is 3. The molecule has 12 nitrogen and oxygen atoms in total. The fraction of sp³-hybridized carbons (Fsp3) is 0.425. The lowest BCUT2D eigenvalue weighted by molar-refractivity contribution is -0.135. The standard InChI is InChI=1S/C40H45N7O5S2/c1-21(2)32(45-38(49)51-6)37(48)46-15-7-9-30(46)35-41-26-13-11-22(17-28(26)43-35)24-19-53-34-25(20-54-33(24)34)23-12-14-27-29(18-23)44-36(42-27)31-10-8-16-47(31)39(50)52-40(3,4)5/h11-14,17-21,30-32H,7-10,15-16H2,1-6H3,(H,41,43)(H,42,44)(H,45,49)/t30-,31-,32-/m0/s1. The predicted octanol–water partition coefficient (Wildman–Crippen LogP) is 9.17. The summed E-state index contributed by atoms with van der Waals surface area (Å²) in [4.78, 5) is 59.1. The molecule has 0 saturated carbocycles. The van der Waals surface area contributed by atoms with Crippen molar-refractivity contribution in [2.45, 2.75) is 84.0 Å². The van der Waals surface area contributed by atoms with Crippen molar-refractivity contribution in [3.8, 4) is 22.3 Å². The fourth-order valence-corrected chi connectivity index (χ4v) is 10.2. The van der Waals surface area contributed by atoms with Crippen molar-refractivity contribution in [2.75, 3.05) is 20.2 Å². The fourth-order valence-electron chi connectivity index (χ4n) is 7.71. The van der Waals surface area contributed by atoms with Gasteiger partial charge in [-0.2, -0.15) is 0 Å². The Balaban J connectivity index is 1.03. The van der Waals surface area contributed by atoms with Crippen molar-refractivity contribution in [1.82, 2.24) is 35.1 Å². The largest absolute Gasteiger partial charge is 0.453 e. The summed E-state index contributed by atoms with van der Waals surface area (Å²) in [5, 5.41) is 7.17. The smallest absolute Gasteiger partial charge is 0.410 e. The van der Waals surface area contributed by atoms with Gasteiger partial charge in [-0.25, -0.2) is 19.6 Å². The number of aromatic nitrogens is 4. The molecule has 3 atom stereocenters. The summed E-state index contributed by atoms with van der Waals surface area (Å²) in [5.74, 6) is 1.32. The highest BCUT2D eigenvalue weighted by Gasteiger charge is 2.38. The second kappa shape index (κ2) is 14.0. The molecular formula is C40H45N7O5S2. The van der Waals surface area contributed by atoms with Gasteiger partial charge >= 0.3 is 12.2 Å². The Hall–Kier alpha value is -4.95. The highest BCUT2D eigenvalue weighted by Crippen LogP contribution is 2.45. The van der Waals surface area contributed by atoms with Crippen LogP contribution >= 0.6 is 22.7 Å². The van der Waals surface area contributed by atoms with Crippen LogP contribution in [0.2, 0.25) is 0 Å². The number of thiophene rings is 2. The zero-order chi connectivity index (χ0) is 37.9. The number of imidazole rings is 2. The molecule has 2 aromatic carbocycles. The van der Waals surface area contributed by atoms with Gasteiger partial charge in [-0.1, -0.05) is 26.0 Å². The van der Waals surface area contributed by atoms with Gasteiger partial charge in [-0.3, -0.25) is 9.69 Å². The van der Waals surface area contributed by atoms with E-state index >= 15 is 0 Å². The normalized spacial score (nSPS) is 18.4. The summed E-state index contributed by atoms with van der Waals surface area (Å²) in [6.07, 6.45) is 2.49. The Bertz CT molecular complexity index is 2380. The summed E-state index contributed by atoms with van der Waals surface area (Å²) in [6, 6.07) is 11.6. The number of hydrogen-bond acceptors (Lipinski definition) is 9. The van der Waals surface area contributed by atoms with E-state index in [0.29, 0.717) is 13.1 Å². The first-order chi connectivity index (χ1) is 25.9. The lowest BCUT2D eigenvalue weighted by atomic mass is 10.0. The Morgan fingerprint density at radius 2 is 1.35 bits per heavy atom. The van der Waals surface area contributed by atoms with Crippen LogP contribution in [-0.2, 0) is 14.3 Å². The first kappa shape index (κ1) is 36.0. The number of rotatable bonds is 7. The second-order valence-corrected chi connectivity index (χ2v) is 17.3. The maximum absolute atomic E-state index is 13.7. The van der Waals surface area contributed by atoms with Gasteiger partial charge in [0, 0.05) is 35.0 Å². The monoisotopic (exact) mass is 767 g/mol. The van der Waals surface area contributed by atoms with Crippen LogP contribution < -0.4 is 5.32 Å². The molecule has 0 unspecified atom stereocenters. The van der Waals surface area contributed by atoms with E-state index in [1.807, 2.05) is 45.6 Å². The molecule has 6 heterocycles. The van der Waals surface area contributed by atoms with Gasteiger partial charge in [0.2, 0.25) is 5.91 Å². The third-order valence-electron chi connectivity index (χ3n) is 10.3. The van der Waals surface area contributed by atoms with Gasteiger partial charge in [-0.15, -0.1) is 22.7 Å². The van der Waals surface area contributed by atoms with Gasteiger partial charge in [-0.05, 0) is 87.8 Å². The molecule has 54 heavy (non-hydrogen) atoms. The molecule has 3 amide bonds. The quantitative estimate of drug-likeness (QED) is 0.147. The lowest BCUT2D eigenvalue weighted by Crippen LogP contribution is -2.51. The zero-order valence-corrected chi connectivity index (χ0v) is 33.0. The molecule has 282 valence electrons. The number of nitrogens with one attached hydrogen (secondary N) is 3. The molecule has 6 aromatic rings. The number of carbonyl (C=O) groups is 3. The maximum Gasteiger partial charge on any atom is 0.410 e. The van der Waals surface area contributed by atoms with E-state index in [1.165, 1.54) is 27.6 Å². The molecule has 4 aromatic heterocycles. The number of benzene rings is 2. The van der Waals surface area contributed by atoms with E-state index in [-0.39, 0.29) is 30.0 Å². The van der Waals surface area contributed by atoms with Crippen molar-refractivity contribution in [3.05, 3.63) is 58.8 Å². The van der Waals surface area contributed by atoms with Crippen molar-refractivity contribution >= 4 is 72.2 Å². The average Bonchev–Trinajstić information content (AvgIpc) is 3.98. The number of alkyl carbamates (subject to hydrolysis) is 1. The average molecular weight is 768 g/mol. The van der Waals surface area contributed by atoms with E-state index in [4.69, 9.17) is 19.4 Å². The molecular weight excluding hydrogens is 723 g/mol. The van der Waals surface area contributed by atoms with E-state index in [1.54, 1.807) is 27.6 Å². The number of ether oxygens (including phenoxy) is 2. The Morgan fingerprint density at radius 1 is 0.833 bits per heavy atom. The first-order valence-electron chi connectivity index (χ1n) is 18.5. The molecule has 0 aliphatic carbocycles. The summed E-state index contributed by atoms with van der Waals surface area (Å²) in [5.41, 5.74) is 7.58. The molecule has 0 radical (unpaired) electrons. The molecule has 2 saturated heterocycles. The van der Waals surface area contributed by atoms with Crippen LogP contribution in [-0.4, -0.2) is 79.7 Å². The predicted molar refractivity (Wildman–Crippen MR) is 213 cm³/mol. The van der Waals surface area contributed by atoms with Gasteiger partial charge < -0.3 is 29.7 Å². The van der Waals surface area contributed by atoms with Gasteiger partial charge in [0.1, 0.15) is 23.3 Å². The number of aromatic amines is 2. The Morgan fingerprint density at radius 3 is 1.85 bits per heavy atom. The Kier molecular flexibility index (Phi) is 9.37. The SMILES string of the molecule is COC(=O)N[C@H](C(=O)N1CCC[C@H]1c1nc2ccc(-c3csc4c(-c5ccc6nc([C@@H]7CCCN7C(=O)OC(C)(C)C)[nH]c6c5)csc34)cc2[nH]1)C(C)C. The highest BCUT2D eigenvalue weighted by atomic mass is 32.1. The summed E-state index contributed by atoms with van der Waals surface area (Å²) in [6.45, 7) is 10.7. The maximum atomic E-state index is 13.7.